The molecule has 0 bridgehead atoms. The monoisotopic (exact) mass is 465 g/mol. The van der Waals surface area contributed by atoms with Crippen molar-refractivity contribution in [1.29, 1.82) is 5.26 Å². The molecular weight excluding hydrogens is 444 g/mol. The molecule has 1 aliphatic carbocycles. The Morgan fingerprint density at radius 2 is 1.68 bits per heavy atom. The largest absolute Gasteiger partial charge is 0.466 e. The smallest absolute Gasteiger partial charge is 0.355 e. The highest BCUT2D eigenvalue weighted by molar-refractivity contribution is 6.06. The fourth-order valence-corrected chi connectivity index (χ4v) is 4.24. The Morgan fingerprint density at radius 1 is 1.06 bits per heavy atom. The third-order valence-corrected chi connectivity index (χ3v) is 5.97. The highest BCUT2D eigenvalue weighted by atomic mass is 19.3. The van der Waals surface area contributed by atoms with Crippen molar-refractivity contribution in [2.45, 2.75) is 24.2 Å². The van der Waals surface area contributed by atoms with Gasteiger partial charge in [0.05, 0.1) is 43.3 Å². The number of nitrogens with two attached hydrogens (primary N) is 1. The van der Waals surface area contributed by atoms with E-state index < -0.39 is 29.7 Å². The normalized spacial score (nSPS) is 21.1. The molecule has 9 heteroatoms. The zero-order valence-corrected chi connectivity index (χ0v) is 18.4. The van der Waals surface area contributed by atoms with Crippen LogP contribution in [0.5, 0.6) is 0 Å². The number of benzene rings is 2. The molecule has 0 spiro atoms. The van der Waals surface area contributed by atoms with Gasteiger partial charge in [0.15, 0.2) is 0 Å². The van der Waals surface area contributed by atoms with Crippen LogP contribution in [0.3, 0.4) is 0 Å². The molecule has 0 aromatic heterocycles. The van der Waals surface area contributed by atoms with E-state index >= 15 is 0 Å². The average molecular weight is 465 g/mol. The van der Waals surface area contributed by atoms with Crippen LogP contribution in [-0.4, -0.2) is 32.1 Å². The Hall–Kier alpha value is -4.19. The topological polar surface area (TPSA) is 106 Å². The van der Waals surface area contributed by atoms with Gasteiger partial charge in [0.1, 0.15) is 11.5 Å². The van der Waals surface area contributed by atoms with Crippen molar-refractivity contribution >= 4 is 17.6 Å². The number of hydrogen-bond acceptors (Lipinski definition) is 7. The van der Waals surface area contributed by atoms with E-state index in [0.29, 0.717) is 11.1 Å². The lowest BCUT2D eigenvalue weighted by atomic mass is 9.81. The maximum absolute atomic E-state index is 13.7. The van der Waals surface area contributed by atoms with E-state index in [-0.39, 0.29) is 34.8 Å². The number of halogens is 2. The van der Waals surface area contributed by atoms with Crippen molar-refractivity contribution < 1.29 is 27.8 Å². The molecule has 0 saturated heterocycles. The molecule has 4 rings (SSSR count). The van der Waals surface area contributed by atoms with E-state index in [9.17, 15) is 23.6 Å². The van der Waals surface area contributed by atoms with Gasteiger partial charge in [-0.1, -0.05) is 42.5 Å². The summed E-state index contributed by atoms with van der Waals surface area (Å²) in [5, 5.41) is 10.0. The number of carbonyl (C=O) groups is 2. The summed E-state index contributed by atoms with van der Waals surface area (Å²) in [5.74, 6) is -6.64. The molecule has 7 nitrogen and oxygen atoms in total. The summed E-state index contributed by atoms with van der Waals surface area (Å²) in [6.07, 6.45) is -0.283. The van der Waals surface area contributed by atoms with E-state index in [2.05, 4.69) is 6.07 Å². The number of alkyl halides is 2. The number of ether oxygens (including phenoxy) is 2. The van der Waals surface area contributed by atoms with Crippen LogP contribution in [0.15, 0.2) is 77.3 Å². The second-order valence-electron chi connectivity index (χ2n) is 7.95. The molecule has 0 radical (unpaired) electrons. The summed E-state index contributed by atoms with van der Waals surface area (Å²) >= 11 is 0. The number of anilines is 1. The van der Waals surface area contributed by atoms with Crippen LogP contribution in [0.4, 0.5) is 14.5 Å². The number of carbonyl (C=O) groups excluding carboxylic acids is 2. The fourth-order valence-electron chi connectivity index (χ4n) is 4.24. The minimum absolute atomic E-state index is 0.00130. The van der Waals surface area contributed by atoms with Crippen LogP contribution < -0.4 is 10.6 Å². The number of rotatable bonds is 5. The second kappa shape index (κ2) is 8.63. The van der Waals surface area contributed by atoms with Crippen LogP contribution in [0, 0.1) is 11.3 Å². The van der Waals surface area contributed by atoms with Gasteiger partial charge in [-0.05, 0) is 23.3 Å². The van der Waals surface area contributed by atoms with Gasteiger partial charge in [-0.25, -0.2) is 18.4 Å². The summed E-state index contributed by atoms with van der Waals surface area (Å²) in [6.45, 7) is 0. The van der Waals surface area contributed by atoms with Gasteiger partial charge in [-0.2, -0.15) is 5.26 Å². The molecule has 2 aliphatic rings. The molecule has 2 unspecified atom stereocenters. The van der Waals surface area contributed by atoms with Crippen molar-refractivity contribution in [3.8, 4) is 6.07 Å². The van der Waals surface area contributed by atoms with E-state index in [0.717, 1.165) is 14.2 Å². The number of hydrogen-bond donors (Lipinski definition) is 1. The van der Waals surface area contributed by atoms with Gasteiger partial charge in [0.25, 0.3) is 5.92 Å². The first kappa shape index (κ1) is 23.0. The molecular formula is C25H21F2N3O4. The molecule has 1 heterocycles. The molecule has 1 aliphatic heterocycles. The van der Waals surface area contributed by atoms with Crippen LogP contribution >= 0.6 is 0 Å². The molecule has 2 N–H and O–H groups in total. The Bertz CT molecular complexity index is 1260. The lowest BCUT2D eigenvalue weighted by molar-refractivity contribution is -0.139. The molecule has 0 amide bonds. The Kier molecular flexibility index (Phi) is 5.83. The maximum atomic E-state index is 13.7. The van der Waals surface area contributed by atoms with Crippen molar-refractivity contribution in [1.82, 2.24) is 0 Å². The second-order valence-corrected chi connectivity index (χ2v) is 7.95. The molecule has 174 valence electrons. The quantitative estimate of drug-likeness (QED) is 0.671. The number of nitriles is 1. The summed E-state index contributed by atoms with van der Waals surface area (Å²) in [4.78, 5) is 27.2. The van der Waals surface area contributed by atoms with Gasteiger partial charge in [-0.15, -0.1) is 0 Å². The highest BCUT2D eigenvalue weighted by Crippen LogP contribution is 2.56. The Balaban J connectivity index is 1.99. The van der Waals surface area contributed by atoms with E-state index in [1.165, 1.54) is 11.0 Å². The lowest BCUT2D eigenvalue weighted by Gasteiger charge is -2.36. The minimum atomic E-state index is -2.81. The van der Waals surface area contributed by atoms with Crippen LogP contribution in [-0.2, 0) is 19.1 Å². The molecule has 34 heavy (non-hydrogen) atoms. The fraction of sp³-hybridized carbons (Fsp3) is 0.240. The minimum Gasteiger partial charge on any atom is -0.466 e. The average Bonchev–Trinajstić information content (AvgIpc) is 3.50. The van der Waals surface area contributed by atoms with Gasteiger partial charge in [0, 0.05) is 12.1 Å². The zero-order chi connectivity index (χ0) is 24.6. The molecule has 2 aromatic rings. The highest BCUT2D eigenvalue weighted by Gasteiger charge is 2.57. The summed E-state index contributed by atoms with van der Waals surface area (Å²) in [5.41, 5.74) is 7.14. The van der Waals surface area contributed by atoms with Gasteiger partial charge in [0.2, 0.25) is 0 Å². The first-order valence-electron chi connectivity index (χ1n) is 10.4. The predicted molar refractivity (Wildman–Crippen MR) is 118 cm³/mol. The summed E-state index contributed by atoms with van der Waals surface area (Å²) in [7, 11) is 2.29. The van der Waals surface area contributed by atoms with Gasteiger partial charge < -0.3 is 15.2 Å². The molecule has 2 aromatic carbocycles. The van der Waals surface area contributed by atoms with Crippen molar-refractivity contribution in [3.05, 3.63) is 88.4 Å². The molecule has 2 atom stereocenters. The number of esters is 2. The lowest BCUT2D eigenvalue weighted by Crippen LogP contribution is -2.40. The Labute approximate surface area is 194 Å². The first-order valence-corrected chi connectivity index (χ1v) is 10.4. The van der Waals surface area contributed by atoms with Crippen molar-refractivity contribution in [2.24, 2.45) is 5.73 Å². The van der Waals surface area contributed by atoms with Crippen molar-refractivity contribution in [2.75, 3.05) is 19.1 Å². The maximum Gasteiger partial charge on any atom is 0.355 e. The van der Waals surface area contributed by atoms with Gasteiger partial charge in [-0.3, -0.25) is 4.90 Å². The zero-order valence-electron chi connectivity index (χ0n) is 18.4. The van der Waals surface area contributed by atoms with Crippen LogP contribution in [0.1, 0.15) is 29.4 Å². The summed E-state index contributed by atoms with van der Waals surface area (Å²) < 4.78 is 37.4. The van der Waals surface area contributed by atoms with Crippen molar-refractivity contribution in [3.63, 3.8) is 0 Å². The van der Waals surface area contributed by atoms with Crippen LogP contribution in [0.2, 0.25) is 0 Å². The van der Waals surface area contributed by atoms with Gasteiger partial charge >= 0.3 is 11.9 Å². The number of nitrogens with zero attached hydrogens (tertiary/aromatic N) is 2. The van der Waals surface area contributed by atoms with Crippen LogP contribution in [0.25, 0.3) is 0 Å². The third-order valence-electron chi connectivity index (χ3n) is 5.97. The van der Waals surface area contributed by atoms with E-state index in [1.54, 1.807) is 48.5 Å². The standard InChI is InChI=1S/C25H21F2N3O4/c1-33-23(31)20-19(14-7-4-3-5-8-14)17(13-28)22(29)30(21(20)24(32)34-2)16-10-6-9-15(11-16)18-12-25(18,26)27/h3-11,18-19H,12,29H2,1-2H3. The number of methoxy groups -OCH3 is 2. The Morgan fingerprint density at radius 3 is 2.24 bits per heavy atom. The van der Waals surface area contributed by atoms with E-state index in [4.69, 9.17) is 15.2 Å². The summed E-state index contributed by atoms with van der Waals surface area (Å²) in [6, 6.07) is 16.8. The SMILES string of the molecule is COC(=O)C1=C(C(=O)OC)N(c2cccc(C3CC3(F)F)c2)C(N)=C(C#N)C1c1ccccc1. The first-order chi connectivity index (χ1) is 16.2. The number of allylic oxidation sites excluding steroid dienone is 1. The third kappa shape index (κ3) is 3.77. The van der Waals surface area contributed by atoms with E-state index in [1.807, 2.05) is 0 Å². The molecule has 1 fully saturated rings. The predicted octanol–water partition coefficient (Wildman–Crippen LogP) is 3.71. The molecule has 1 saturated carbocycles.